The van der Waals surface area contributed by atoms with Crippen LogP contribution in [0, 0.1) is 0 Å². The van der Waals surface area contributed by atoms with Gasteiger partial charge >= 0.3 is 0 Å². The maximum Gasteiger partial charge on any atom is 0.296 e. The summed E-state index contributed by atoms with van der Waals surface area (Å²) in [6, 6.07) is 15.2. The molecule has 0 atom stereocenters. The van der Waals surface area contributed by atoms with E-state index in [0.29, 0.717) is 17.3 Å². The van der Waals surface area contributed by atoms with E-state index in [1.807, 2.05) is 48.5 Å². The minimum Gasteiger partial charge on any atom is -0.496 e. The molecule has 5 nitrogen and oxygen atoms in total. The number of aliphatic imine (C=N–C) groups is 2. The molecule has 2 aliphatic heterocycles. The van der Waals surface area contributed by atoms with Crippen LogP contribution in [0.3, 0.4) is 0 Å². The smallest absolute Gasteiger partial charge is 0.296 e. The molecule has 0 unspecified atom stereocenters. The Morgan fingerprint density at radius 3 is 2.74 bits per heavy atom. The predicted octanol–water partition coefficient (Wildman–Crippen LogP) is 3.00. The number of amides is 1. The zero-order chi connectivity index (χ0) is 15.8. The molecule has 0 bridgehead atoms. The minimum absolute atomic E-state index is 0.283. The summed E-state index contributed by atoms with van der Waals surface area (Å²) in [6.07, 6.45) is 3.41. The number of hydrogen-bond acceptors (Lipinski definition) is 4. The number of rotatable bonds is 2. The van der Waals surface area contributed by atoms with E-state index in [9.17, 15) is 4.79 Å². The molecule has 23 heavy (non-hydrogen) atoms. The van der Waals surface area contributed by atoms with Gasteiger partial charge in [0.2, 0.25) is 0 Å². The first-order chi connectivity index (χ1) is 11.3. The van der Waals surface area contributed by atoms with Crippen molar-refractivity contribution >= 4 is 29.8 Å². The molecular weight excluding hydrogens is 290 g/mol. The third-order valence-corrected chi connectivity index (χ3v) is 3.80. The van der Waals surface area contributed by atoms with Crippen LogP contribution in [-0.2, 0) is 4.79 Å². The highest BCUT2D eigenvalue weighted by molar-refractivity contribution is 6.25. The molecule has 0 fully saturated rings. The largest absolute Gasteiger partial charge is 0.496 e. The van der Waals surface area contributed by atoms with Crippen molar-refractivity contribution in [2.24, 2.45) is 9.98 Å². The number of methoxy groups -OCH3 is 1. The minimum atomic E-state index is -0.283. The highest BCUT2D eigenvalue weighted by Gasteiger charge is 2.32. The second-order valence-corrected chi connectivity index (χ2v) is 5.14. The van der Waals surface area contributed by atoms with Crippen LogP contribution in [0.15, 0.2) is 64.2 Å². The Balaban J connectivity index is 1.80. The second kappa shape index (κ2) is 5.21. The van der Waals surface area contributed by atoms with Crippen LogP contribution in [0.1, 0.15) is 11.1 Å². The Bertz CT molecular complexity index is 897. The van der Waals surface area contributed by atoms with E-state index in [-0.39, 0.29) is 5.91 Å². The summed E-state index contributed by atoms with van der Waals surface area (Å²) in [6.45, 7) is 0. The molecule has 0 saturated heterocycles. The van der Waals surface area contributed by atoms with Gasteiger partial charge in [0.25, 0.3) is 5.91 Å². The van der Waals surface area contributed by atoms with Crippen LogP contribution in [0.4, 0.5) is 5.69 Å². The van der Waals surface area contributed by atoms with Gasteiger partial charge in [0, 0.05) is 11.1 Å². The molecule has 5 heteroatoms. The third-order valence-electron chi connectivity index (χ3n) is 3.80. The topological polar surface area (TPSA) is 54.3 Å². The molecule has 0 N–H and O–H groups in total. The molecule has 0 spiro atoms. The van der Waals surface area contributed by atoms with Gasteiger partial charge in [-0.15, -0.1) is 0 Å². The van der Waals surface area contributed by atoms with Crippen LogP contribution in [0.5, 0.6) is 5.75 Å². The van der Waals surface area contributed by atoms with Crippen LogP contribution < -0.4 is 4.74 Å². The van der Waals surface area contributed by atoms with E-state index in [2.05, 4.69) is 9.98 Å². The molecule has 1 amide bonds. The summed E-state index contributed by atoms with van der Waals surface area (Å²) >= 11 is 0. The zero-order valence-corrected chi connectivity index (χ0v) is 12.4. The molecule has 0 aliphatic carbocycles. The van der Waals surface area contributed by atoms with Crippen molar-refractivity contribution in [3.8, 4) is 5.75 Å². The summed E-state index contributed by atoms with van der Waals surface area (Å²) in [5.41, 5.74) is 2.95. The number of hydrogen-bond donors (Lipinski definition) is 0. The van der Waals surface area contributed by atoms with Crippen molar-refractivity contribution in [3.05, 3.63) is 65.4 Å². The Morgan fingerprint density at radius 2 is 1.87 bits per heavy atom. The van der Waals surface area contributed by atoms with Gasteiger partial charge in [-0.1, -0.05) is 30.3 Å². The lowest BCUT2D eigenvalue weighted by atomic mass is 10.1. The van der Waals surface area contributed by atoms with Crippen LogP contribution in [0.2, 0.25) is 0 Å². The first-order valence-electron chi connectivity index (χ1n) is 7.18. The summed E-state index contributed by atoms with van der Waals surface area (Å²) in [4.78, 5) is 22.7. The Hall–Kier alpha value is -3.21. The van der Waals surface area contributed by atoms with Gasteiger partial charge in [-0.3, -0.25) is 9.69 Å². The number of fused-ring (bicyclic) bond motifs is 3. The molecule has 4 rings (SSSR count). The van der Waals surface area contributed by atoms with Gasteiger partial charge in [-0.2, -0.15) is 4.99 Å². The van der Waals surface area contributed by atoms with Crippen molar-refractivity contribution in [3.63, 3.8) is 0 Å². The molecule has 0 radical (unpaired) electrons. The quantitative estimate of drug-likeness (QED) is 0.801. The van der Waals surface area contributed by atoms with E-state index in [1.54, 1.807) is 24.4 Å². The lowest BCUT2D eigenvalue weighted by molar-refractivity contribution is -0.114. The van der Waals surface area contributed by atoms with Crippen LogP contribution >= 0.6 is 0 Å². The number of para-hydroxylation sites is 2. The molecule has 0 aromatic heterocycles. The second-order valence-electron chi connectivity index (χ2n) is 5.14. The van der Waals surface area contributed by atoms with E-state index < -0.39 is 0 Å². The molecular formula is C18H13N3O2. The molecule has 2 aromatic carbocycles. The van der Waals surface area contributed by atoms with E-state index in [1.165, 1.54) is 0 Å². The van der Waals surface area contributed by atoms with Crippen molar-refractivity contribution in [2.75, 3.05) is 7.11 Å². The highest BCUT2D eigenvalue weighted by Crippen LogP contribution is 2.31. The van der Waals surface area contributed by atoms with Gasteiger partial charge in [-0.05, 0) is 24.3 Å². The molecule has 112 valence electrons. The van der Waals surface area contributed by atoms with Crippen LogP contribution in [0.25, 0.3) is 6.08 Å². The van der Waals surface area contributed by atoms with Gasteiger partial charge in [0.05, 0.1) is 12.8 Å². The SMILES string of the molecule is COc1ccccc1C=C1C(=O)N=C2c3ccccc3N=CN12. The van der Waals surface area contributed by atoms with Gasteiger partial charge in [0.15, 0.2) is 5.84 Å². The Morgan fingerprint density at radius 1 is 1.09 bits per heavy atom. The molecule has 2 aliphatic rings. The maximum absolute atomic E-state index is 12.4. The summed E-state index contributed by atoms with van der Waals surface area (Å²) in [7, 11) is 1.61. The van der Waals surface area contributed by atoms with Crippen molar-refractivity contribution < 1.29 is 9.53 Å². The lowest BCUT2D eigenvalue weighted by Crippen LogP contribution is -2.28. The van der Waals surface area contributed by atoms with Gasteiger partial charge in [0.1, 0.15) is 17.8 Å². The van der Waals surface area contributed by atoms with E-state index in [0.717, 1.165) is 16.8 Å². The van der Waals surface area contributed by atoms with Crippen molar-refractivity contribution in [1.29, 1.82) is 0 Å². The maximum atomic E-state index is 12.4. The monoisotopic (exact) mass is 303 g/mol. The van der Waals surface area contributed by atoms with E-state index >= 15 is 0 Å². The normalized spacial score (nSPS) is 17.1. The average molecular weight is 303 g/mol. The fraction of sp³-hybridized carbons (Fsp3) is 0.0556. The number of carbonyl (C=O) groups is 1. The molecule has 2 aromatic rings. The zero-order valence-electron chi connectivity index (χ0n) is 12.4. The number of benzene rings is 2. The summed E-state index contributed by atoms with van der Waals surface area (Å²) in [5, 5.41) is 0. The standard InChI is InChI=1S/C18H13N3O2/c1-23-16-9-5-2-6-12(16)10-15-18(22)20-17-13-7-3-4-8-14(13)19-11-21(15)17/h2-11H,1H3. The predicted molar refractivity (Wildman–Crippen MR) is 88.9 cm³/mol. The molecule has 0 saturated carbocycles. The van der Waals surface area contributed by atoms with Gasteiger partial charge in [-0.25, -0.2) is 4.99 Å². The summed E-state index contributed by atoms with van der Waals surface area (Å²) in [5.74, 6) is 1.03. The summed E-state index contributed by atoms with van der Waals surface area (Å²) < 4.78 is 5.34. The number of ether oxygens (including phenoxy) is 1. The Labute approximate surface area is 133 Å². The molecule has 2 heterocycles. The number of amidine groups is 1. The number of carbonyl (C=O) groups excluding carboxylic acids is 1. The lowest BCUT2D eigenvalue weighted by Gasteiger charge is -2.21. The fourth-order valence-electron chi connectivity index (χ4n) is 2.69. The van der Waals surface area contributed by atoms with Gasteiger partial charge < -0.3 is 4.74 Å². The first-order valence-corrected chi connectivity index (χ1v) is 7.18. The van der Waals surface area contributed by atoms with Crippen molar-refractivity contribution in [2.45, 2.75) is 0 Å². The number of nitrogens with zero attached hydrogens (tertiary/aromatic N) is 3. The Kier molecular flexibility index (Phi) is 3.05. The highest BCUT2D eigenvalue weighted by atomic mass is 16.5. The first kappa shape index (κ1) is 13.5. The third kappa shape index (κ3) is 2.14. The van der Waals surface area contributed by atoms with E-state index in [4.69, 9.17) is 4.74 Å². The average Bonchev–Trinajstić information content (AvgIpc) is 2.91. The van der Waals surface area contributed by atoms with Crippen molar-refractivity contribution in [1.82, 2.24) is 4.90 Å². The fourth-order valence-corrected chi connectivity index (χ4v) is 2.69. The van der Waals surface area contributed by atoms with Crippen LogP contribution in [-0.4, -0.2) is 30.1 Å².